The molecule has 0 aromatic heterocycles. The maximum Gasteiger partial charge on any atom is 0.228 e. The van der Waals surface area contributed by atoms with E-state index in [1.54, 1.807) is 12.1 Å². The lowest BCUT2D eigenvalue weighted by Crippen LogP contribution is -2.41. The van der Waals surface area contributed by atoms with Gasteiger partial charge in [-0.2, -0.15) is 0 Å². The second-order valence-corrected chi connectivity index (χ2v) is 4.83. The minimum absolute atomic E-state index is 0.260. The third-order valence-electron chi connectivity index (χ3n) is 3.36. The van der Waals surface area contributed by atoms with Crippen molar-refractivity contribution in [3.63, 3.8) is 0 Å². The summed E-state index contributed by atoms with van der Waals surface area (Å²) < 4.78 is 0. The first-order valence-corrected chi connectivity index (χ1v) is 6.31. The van der Waals surface area contributed by atoms with Crippen molar-refractivity contribution in [2.45, 2.75) is 19.8 Å². The number of anilines is 1. The molecule has 1 aliphatic rings. The highest BCUT2D eigenvalue weighted by molar-refractivity contribution is 5.95. The number of carbonyl (C=O) groups excluding carboxylic acids is 2. The highest BCUT2D eigenvalue weighted by Gasteiger charge is 2.29. The Hall–Kier alpha value is -2.10. The minimum Gasteiger partial charge on any atom is -0.550 e. The van der Waals surface area contributed by atoms with E-state index in [1.165, 1.54) is 0 Å². The molecule has 0 heterocycles. The Labute approximate surface area is 112 Å². The molecular formula is C15H16NO3-. The van der Waals surface area contributed by atoms with Crippen LogP contribution in [-0.4, -0.2) is 11.9 Å². The Morgan fingerprint density at radius 1 is 1.21 bits per heavy atom. The number of aryl methyl sites for hydroxylation is 1. The average Bonchev–Trinajstić information content (AvgIpc) is 2.38. The smallest absolute Gasteiger partial charge is 0.228 e. The van der Waals surface area contributed by atoms with Gasteiger partial charge in [-0.05, 0) is 37.5 Å². The normalized spacial score (nSPS) is 21.9. The van der Waals surface area contributed by atoms with Crippen molar-refractivity contribution in [2.24, 2.45) is 11.8 Å². The van der Waals surface area contributed by atoms with Crippen LogP contribution in [-0.2, 0) is 9.59 Å². The van der Waals surface area contributed by atoms with Gasteiger partial charge in [-0.1, -0.05) is 24.3 Å². The molecule has 0 fully saturated rings. The van der Waals surface area contributed by atoms with Crippen LogP contribution < -0.4 is 10.4 Å². The third-order valence-corrected chi connectivity index (χ3v) is 3.36. The SMILES string of the molecule is Cc1cccc(NC(=O)[C@H]2CC=CC[C@@H]2C(=O)[O-])c1. The van der Waals surface area contributed by atoms with Gasteiger partial charge >= 0.3 is 0 Å². The zero-order valence-electron chi connectivity index (χ0n) is 10.8. The standard InChI is InChI=1S/C15H17NO3/c1-10-5-4-6-11(9-10)16-14(17)12-7-2-3-8-13(12)15(18)19/h2-6,9,12-13H,7-8H2,1H3,(H,16,17)(H,18,19)/p-1/t12-,13-/m0/s1. The molecule has 0 bridgehead atoms. The summed E-state index contributed by atoms with van der Waals surface area (Å²) in [5, 5.41) is 13.8. The van der Waals surface area contributed by atoms with Crippen LogP contribution in [0.25, 0.3) is 0 Å². The van der Waals surface area contributed by atoms with Gasteiger partial charge in [0, 0.05) is 17.6 Å². The zero-order chi connectivity index (χ0) is 13.8. The molecule has 100 valence electrons. The number of rotatable bonds is 3. The second kappa shape index (κ2) is 5.69. The van der Waals surface area contributed by atoms with Crippen molar-refractivity contribution in [2.75, 3.05) is 5.32 Å². The summed E-state index contributed by atoms with van der Waals surface area (Å²) in [4.78, 5) is 23.2. The lowest BCUT2D eigenvalue weighted by Gasteiger charge is -2.28. The highest BCUT2D eigenvalue weighted by Crippen LogP contribution is 2.26. The van der Waals surface area contributed by atoms with Gasteiger partial charge in [-0.3, -0.25) is 4.79 Å². The molecule has 4 heteroatoms. The molecule has 1 N–H and O–H groups in total. The quantitative estimate of drug-likeness (QED) is 0.830. The fourth-order valence-corrected chi connectivity index (χ4v) is 2.32. The van der Waals surface area contributed by atoms with Gasteiger partial charge in [-0.25, -0.2) is 0 Å². The summed E-state index contributed by atoms with van der Waals surface area (Å²) >= 11 is 0. The van der Waals surface area contributed by atoms with Crippen molar-refractivity contribution >= 4 is 17.6 Å². The van der Waals surface area contributed by atoms with Crippen LogP contribution in [0.1, 0.15) is 18.4 Å². The Morgan fingerprint density at radius 3 is 2.53 bits per heavy atom. The van der Waals surface area contributed by atoms with Crippen LogP contribution in [0.2, 0.25) is 0 Å². The van der Waals surface area contributed by atoms with Crippen LogP contribution in [0.5, 0.6) is 0 Å². The number of carboxylic acid groups (broad SMARTS) is 1. The Morgan fingerprint density at radius 2 is 1.89 bits per heavy atom. The predicted octanol–water partition coefficient (Wildman–Crippen LogP) is 1.27. The number of nitrogens with one attached hydrogen (secondary N) is 1. The lowest BCUT2D eigenvalue weighted by atomic mass is 9.82. The molecule has 1 amide bonds. The molecule has 1 aromatic rings. The van der Waals surface area contributed by atoms with Crippen LogP contribution in [0, 0.1) is 18.8 Å². The Balaban J connectivity index is 2.10. The zero-order valence-corrected chi connectivity index (χ0v) is 10.8. The molecule has 0 unspecified atom stereocenters. The molecule has 0 spiro atoms. The molecule has 0 saturated heterocycles. The summed E-state index contributed by atoms with van der Waals surface area (Å²) in [6, 6.07) is 7.42. The maximum atomic E-state index is 12.2. The molecule has 0 saturated carbocycles. The largest absolute Gasteiger partial charge is 0.550 e. The van der Waals surface area contributed by atoms with Gasteiger partial charge < -0.3 is 15.2 Å². The van der Waals surface area contributed by atoms with E-state index in [9.17, 15) is 14.7 Å². The molecule has 0 aliphatic heterocycles. The third kappa shape index (κ3) is 3.22. The average molecular weight is 258 g/mol. The van der Waals surface area contributed by atoms with E-state index >= 15 is 0 Å². The molecule has 0 radical (unpaired) electrons. The topological polar surface area (TPSA) is 69.2 Å². The van der Waals surface area contributed by atoms with Gasteiger partial charge in [0.25, 0.3) is 0 Å². The molecule has 1 aromatic carbocycles. The molecule has 4 nitrogen and oxygen atoms in total. The Kier molecular flexibility index (Phi) is 4.00. The van der Waals surface area contributed by atoms with Gasteiger partial charge in [0.15, 0.2) is 0 Å². The molecular weight excluding hydrogens is 242 g/mol. The van der Waals surface area contributed by atoms with E-state index < -0.39 is 17.8 Å². The number of hydrogen-bond donors (Lipinski definition) is 1. The van der Waals surface area contributed by atoms with Crippen molar-refractivity contribution in [3.8, 4) is 0 Å². The maximum absolute atomic E-state index is 12.2. The summed E-state index contributed by atoms with van der Waals surface area (Å²) in [5.41, 5.74) is 1.73. The highest BCUT2D eigenvalue weighted by atomic mass is 16.4. The Bertz CT molecular complexity index is 522. The number of carbonyl (C=O) groups is 2. The van der Waals surface area contributed by atoms with E-state index in [0.29, 0.717) is 18.5 Å². The van der Waals surface area contributed by atoms with Crippen molar-refractivity contribution in [1.82, 2.24) is 0 Å². The van der Waals surface area contributed by atoms with Crippen LogP contribution in [0.3, 0.4) is 0 Å². The van der Waals surface area contributed by atoms with Crippen LogP contribution >= 0.6 is 0 Å². The van der Waals surface area contributed by atoms with E-state index in [1.807, 2.05) is 31.2 Å². The van der Waals surface area contributed by atoms with Crippen LogP contribution in [0.4, 0.5) is 5.69 Å². The summed E-state index contributed by atoms with van der Waals surface area (Å²) in [6.45, 7) is 1.93. The summed E-state index contributed by atoms with van der Waals surface area (Å²) in [6.07, 6.45) is 4.43. The summed E-state index contributed by atoms with van der Waals surface area (Å²) in [5.74, 6) is -2.72. The number of amides is 1. The van der Waals surface area contributed by atoms with Crippen molar-refractivity contribution in [3.05, 3.63) is 42.0 Å². The van der Waals surface area contributed by atoms with Gasteiger partial charge in [-0.15, -0.1) is 0 Å². The first-order chi connectivity index (χ1) is 9.08. The number of hydrogen-bond acceptors (Lipinski definition) is 3. The van der Waals surface area contributed by atoms with Crippen molar-refractivity contribution in [1.29, 1.82) is 0 Å². The monoisotopic (exact) mass is 258 g/mol. The van der Waals surface area contributed by atoms with Crippen LogP contribution in [0.15, 0.2) is 36.4 Å². The minimum atomic E-state index is -1.16. The van der Waals surface area contributed by atoms with E-state index in [4.69, 9.17) is 0 Å². The molecule has 1 aliphatic carbocycles. The van der Waals surface area contributed by atoms with E-state index in [2.05, 4.69) is 5.32 Å². The van der Waals surface area contributed by atoms with E-state index in [0.717, 1.165) is 5.56 Å². The number of aliphatic carboxylic acids is 1. The first kappa shape index (κ1) is 13.3. The van der Waals surface area contributed by atoms with Gasteiger partial charge in [0.1, 0.15) is 0 Å². The number of benzene rings is 1. The molecule has 2 rings (SSSR count). The lowest BCUT2D eigenvalue weighted by molar-refractivity contribution is -0.313. The molecule has 2 atom stereocenters. The van der Waals surface area contributed by atoms with Crippen molar-refractivity contribution < 1.29 is 14.7 Å². The molecule has 19 heavy (non-hydrogen) atoms. The van der Waals surface area contributed by atoms with Gasteiger partial charge in [0.2, 0.25) is 5.91 Å². The number of allylic oxidation sites excluding steroid dienone is 2. The fourth-order valence-electron chi connectivity index (χ4n) is 2.32. The predicted molar refractivity (Wildman–Crippen MR) is 70.2 cm³/mol. The first-order valence-electron chi connectivity index (χ1n) is 6.31. The van der Waals surface area contributed by atoms with E-state index in [-0.39, 0.29) is 5.91 Å². The second-order valence-electron chi connectivity index (χ2n) is 4.83. The fraction of sp³-hybridized carbons (Fsp3) is 0.333. The van der Waals surface area contributed by atoms with Gasteiger partial charge in [0.05, 0.1) is 5.92 Å². The summed E-state index contributed by atoms with van der Waals surface area (Å²) in [7, 11) is 0. The number of carboxylic acids is 1.